The number of hydrogen-bond acceptors (Lipinski definition) is 6. The lowest BCUT2D eigenvalue weighted by atomic mass is 10.0. The minimum Gasteiger partial charge on any atom is -0.390 e. The van der Waals surface area contributed by atoms with Gasteiger partial charge in [-0.15, -0.1) is 0 Å². The molecule has 0 amide bonds. The maximum absolute atomic E-state index is 11.9. The quantitative estimate of drug-likeness (QED) is 0.670. The van der Waals surface area contributed by atoms with E-state index in [9.17, 15) is 17.7 Å². The zero-order chi connectivity index (χ0) is 16.9. The summed E-state index contributed by atoms with van der Waals surface area (Å²) >= 11 is 0. The average molecular weight is 328 g/mol. The van der Waals surface area contributed by atoms with Gasteiger partial charge < -0.3 is 20.7 Å². The van der Waals surface area contributed by atoms with Crippen LogP contribution in [0.3, 0.4) is 0 Å². The summed E-state index contributed by atoms with van der Waals surface area (Å²) in [5.41, 5.74) is 4.20. The van der Waals surface area contributed by atoms with Crippen LogP contribution in [0.15, 0.2) is 18.2 Å². The molecule has 1 aliphatic rings. The molecule has 0 aliphatic carbocycles. The Morgan fingerprint density at radius 2 is 2.00 bits per heavy atom. The Labute approximate surface area is 123 Å². The van der Waals surface area contributed by atoms with Crippen LogP contribution in [0.25, 0.3) is 0 Å². The van der Waals surface area contributed by atoms with Crippen molar-refractivity contribution in [3.8, 4) is 5.88 Å². The third-order valence-corrected chi connectivity index (χ3v) is 2.83. The van der Waals surface area contributed by atoms with Crippen molar-refractivity contribution in [1.29, 1.82) is 0 Å². The van der Waals surface area contributed by atoms with Crippen LogP contribution in [0, 0.1) is 0 Å². The first kappa shape index (κ1) is 18.6. The number of ether oxygens (including phenoxy) is 1. The van der Waals surface area contributed by atoms with E-state index in [2.05, 4.69) is 9.93 Å². The molecule has 4 unspecified atom stereocenters. The molecule has 4 N–H and O–H groups in total. The lowest BCUT2D eigenvalue weighted by Crippen LogP contribution is -2.49. The van der Waals surface area contributed by atoms with Crippen molar-refractivity contribution in [2.24, 2.45) is 5.73 Å². The summed E-state index contributed by atoms with van der Waals surface area (Å²) in [6.07, 6.45) is -6.59. The number of alkyl halides is 3. The Bertz CT molecular complexity index is 463. The minimum atomic E-state index is -4.57. The van der Waals surface area contributed by atoms with Gasteiger partial charge in [0.25, 0.3) is 5.88 Å². The van der Waals surface area contributed by atoms with E-state index < -0.39 is 36.2 Å². The van der Waals surface area contributed by atoms with Gasteiger partial charge in [-0.25, -0.2) is 4.98 Å². The van der Waals surface area contributed by atoms with Crippen LogP contribution in [0.5, 0.6) is 5.88 Å². The van der Waals surface area contributed by atoms with Crippen molar-refractivity contribution in [1.82, 2.24) is 4.98 Å². The molecule has 1 fully saturated rings. The van der Waals surface area contributed by atoms with Gasteiger partial charge in [0, 0.05) is 17.0 Å². The van der Waals surface area contributed by atoms with Gasteiger partial charge >= 0.3 is 6.18 Å². The van der Waals surface area contributed by atoms with E-state index >= 15 is 0 Å². The third kappa shape index (κ3) is 5.37. The molecule has 2 heterocycles. The van der Waals surface area contributed by atoms with Crippen LogP contribution in [0.4, 0.5) is 17.7 Å². The number of rotatable bonds is 1. The second-order valence-corrected chi connectivity index (χ2v) is 4.61. The van der Waals surface area contributed by atoms with Crippen molar-refractivity contribution in [2.45, 2.75) is 44.1 Å². The minimum absolute atomic E-state index is 0.311. The predicted molar refractivity (Wildman–Crippen MR) is 66.1 cm³/mol. The van der Waals surface area contributed by atoms with Crippen molar-refractivity contribution >= 4 is 0 Å². The van der Waals surface area contributed by atoms with Gasteiger partial charge in [-0.2, -0.15) is 13.2 Å². The molecule has 0 bridgehead atoms. The fraction of sp³-hybridized carbons (Fsp3) is 0.583. The molecule has 1 saturated heterocycles. The fourth-order valence-corrected chi connectivity index (χ4v) is 1.72. The van der Waals surface area contributed by atoms with E-state index in [1.54, 1.807) is 6.92 Å². The Morgan fingerprint density at radius 1 is 1.36 bits per heavy atom. The van der Waals surface area contributed by atoms with Crippen molar-refractivity contribution in [2.75, 3.05) is 0 Å². The highest BCUT2D eigenvalue weighted by Gasteiger charge is 2.33. The van der Waals surface area contributed by atoms with Crippen LogP contribution in [0.2, 0.25) is 0 Å². The average Bonchev–Trinajstić information content (AvgIpc) is 2.44. The van der Waals surface area contributed by atoms with Crippen molar-refractivity contribution in [3.05, 3.63) is 23.9 Å². The second-order valence-electron chi connectivity index (χ2n) is 4.61. The zero-order valence-corrected chi connectivity index (χ0v) is 11.5. The largest absolute Gasteiger partial charge is 0.433 e. The maximum atomic E-state index is 11.9. The first-order chi connectivity index (χ1) is 10.1. The summed E-state index contributed by atoms with van der Waals surface area (Å²) in [5, 5.41) is 18.2. The SMILES string of the molecule is CC1OC(N)CC(O)C1O.FOc1cccc(C(F)(F)F)n1. The molecule has 22 heavy (non-hydrogen) atoms. The monoisotopic (exact) mass is 328 g/mol. The van der Waals surface area contributed by atoms with Crippen LogP contribution in [-0.4, -0.2) is 39.7 Å². The van der Waals surface area contributed by atoms with E-state index in [4.69, 9.17) is 20.7 Å². The normalized spacial score (nSPS) is 28.5. The van der Waals surface area contributed by atoms with Gasteiger partial charge in [0.2, 0.25) is 0 Å². The molecule has 126 valence electrons. The molecular formula is C12H16F4N2O4. The fourth-order valence-electron chi connectivity index (χ4n) is 1.72. The highest BCUT2D eigenvalue weighted by molar-refractivity contribution is 5.17. The standard InChI is InChI=1S/C6H3F4NO.C6H13NO3/c7-6(8,9)4-2-1-3-5(11-4)12-10;1-3-6(9)4(8)2-5(7)10-3/h1-3H;3-6,8-9H,2,7H2,1H3. The molecule has 0 aromatic carbocycles. The van der Waals surface area contributed by atoms with Gasteiger partial charge in [0.1, 0.15) is 18.0 Å². The summed E-state index contributed by atoms with van der Waals surface area (Å²) in [4.78, 5) is 5.88. The topological polar surface area (TPSA) is 97.8 Å². The van der Waals surface area contributed by atoms with E-state index in [0.717, 1.165) is 18.2 Å². The van der Waals surface area contributed by atoms with Gasteiger partial charge in [-0.1, -0.05) is 6.07 Å². The maximum Gasteiger partial charge on any atom is 0.433 e. The van der Waals surface area contributed by atoms with Gasteiger partial charge in [-0.05, 0) is 13.0 Å². The smallest absolute Gasteiger partial charge is 0.390 e. The molecule has 0 radical (unpaired) electrons. The van der Waals surface area contributed by atoms with Crippen molar-refractivity contribution in [3.63, 3.8) is 0 Å². The summed E-state index contributed by atoms with van der Waals surface area (Å²) in [6, 6.07) is 2.71. The lowest BCUT2D eigenvalue weighted by Gasteiger charge is -2.33. The molecule has 1 aromatic rings. The van der Waals surface area contributed by atoms with E-state index in [1.807, 2.05) is 0 Å². The molecule has 1 aliphatic heterocycles. The zero-order valence-electron chi connectivity index (χ0n) is 11.5. The number of halogens is 4. The Kier molecular flexibility index (Phi) is 6.48. The van der Waals surface area contributed by atoms with Crippen molar-refractivity contribution < 1.29 is 37.6 Å². The molecule has 2 rings (SSSR count). The number of hydrogen-bond donors (Lipinski definition) is 3. The Balaban J connectivity index is 0.000000224. The second kappa shape index (κ2) is 7.68. The summed E-state index contributed by atoms with van der Waals surface area (Å²) in [6.45, 7) is 1.69. The van der Waals surface area contributed by atoms with Crippen LogP contribution in [-0.2, 0) is 10.9 Å². The van der Waals surface area contributed by atoms with Crippen LogP contribution in [0.1, 0.15) is 19.0 Å². The summed E-state index contributed by atoms with van der Waals surface area (Å²) in [7, 11) is 0. The molecule has 0 saturated carbocycles. The molecule has 1 aromatic heterocycles. The number of aliphatic hydroxyl groups is 2. The number of aliphatic hydroxyl groups excluding tert-OH is 2. The number of pyridine rings is 1. The molecular weight excluding hydrogens is 312 g/mol. The summed E-state index contributed by atoms with van der Waals surface area (Å²) in [5.74, 6) is -0.704. The first-order valence-corrected chi connectivity index (χ1v) is 6.25. The highest BCUT2D eigenvalue weighted by Crippen LogP contribution is 2.28. The molecule has 0 spiro atoms. The van der Waals surface area contributed by atoms with Gasteiger partial charge in [0.05, 0.1) is 12.2 Å². The van der Waals surface area contributed by atoms with Gasteiger partial charge in [0.15, 0.2) is 0 Å². The Morgan fingerprint density at radius 3 is 2.50 bits per heavy atom. The summed E-state index contributed by atoms with van der Waals surface area (Å²) < 4.78 is 52.0. The first-order valence-electron chi connectivity index (χ1n) is 6.25. The van der Waals surface area contributed by atoms with Crippen LogP contribution < -0.4 is 10.7 Å². The van der Waals surface area contributed by atoms with Gasteiger partial charge in [-0.3, -0.25) is 4.94 Å². The third-order valence-electron chi connectivity index (χ3n) is 2.83. The van der Waals surface area contributed by atoms with Crippen LogP contribution >= 0.6 is 0 Å². The lowest BCUT2D eigenvalue weighted by molar-refractivity contribution is -0.159. The molecule has 10 heteroatoms. The number of nitrogens with two attached hydrogens (primary N) is 1. The number of aromatic nitrogens is 1. The number of nitrogens with zero attached hydrogens (tertiary/aromatic N) is 1. The highest BCUT2D eigenvalue weighted by atomic mass is 19.4. The molecule has 6 nitrogen and oxygen atoms in total. The predicted octanol–water partition coefficient (Wildman–Crippen LogP) is 1.17. The molecule has 4 atom stereocenters. The van der Waals surface area contributed by atoms with E-state index in [1.165, 1.54) is 0 Å². The Hall–Kier alpha value is -1.49. The van der Waals surface area contributed by atoms with E-state index in [-0.39, 0.29) is 6.10 Å². The van der Waals surface area contributed by atoms with E-state index in [0.29, 0.717) is 6.42 Å².